The van der Waals surface area contributed by atoms with Gasteiger partial charge in [-0.05, 0) is 35.2 Å². The van der Waals surface area contributed by atoms with Gasteiger partial charge in [-0.2, -0.15) is 0 Å². The fourth-order valence-electron chi connectivity index (χ4n) is 3.69. The zero-order valence-corrected chi connectivity index (χ0v) is 18.2. The molecule has 1 aliphatic rings. The first-order valence-electron chi connectivity index (χ1n) is 9.73. The van der Waals surface area contributed by atoms with Crippen molar-refractivity contribution in [1.82, 2.24) is 4.90 Å². The van der Waals surface area contributed by atoms with Gasteiger partial charge in [0.2, 0.25) is 0 Å². The van der Waals surface area contributed by atoms with Gasteiger partial charge in [0.25, 0.3) is 0 Å². The van der Waals surface area contributed by atoms with Crippen molar-refractivity contribution in [2.75, 3.05) is 6.54 Å². The third-order valence-corrected chi connectivity index (χ3v) is 6.69. The summed E-state index contributed by atoms with van der Waals surface area (Å²) in [6.07, 6.45) is 0.672. The number of rotatable bonds is 6. The molecule has 1 N–H and O–H groups in total. The maximum atomic E-state index is 12.5. The molecule has 3 aromatic rings. The van der Waals surface area contributed by atoms with Crippen molar-refractivity contribution < 1.29 is 19.4 Å². The minimum absolute atomic E-state index is 0.290. The van der Waals surface area contributed by atoms with Gasteiger partial charge in [-0.1, -0.05) is 66.7 Å². The van der Waals surface area contributed by atoms with Crippen molar-refractivity contribution >= 4 is 40.4 Å². The van der Waals surface area contributed by atoms with Crippen molar-refractivity contribution in [3.63, 3.8) is 0 Å². The molecule has 31 heavy (non-hydrogen) atoms. The van der Waals surface area contributed by atoms with E-state index in [-0.39, 0.29) is 0 Å². The molecule has 2 aromatic carbocycles. The van der Waals surface area contributed by atoms with E-state index >= 15 is 0 Å². The number of nitrogens with zero attached hydrogens (tertiary/aromatic N) is 1. The van der Waals surface area contributed by atoms with Crippen LogP contribution in [0.5, 0.6) is 5.06 Å². The van der Waals surface area contributed by atoms with Gasteiger partial charge in [-0.15, -0.1) is 11.3 Å². The van der Waals surface area contributed by atoms with Crippen molar-refractivity contribution in [3.05, 3.63) is 93.8 Å². The van der Waals surface area contributed by atoms with Crippen LogP contribution in [0.2, 0.25) is 5.02 Å². The Bertz CT molecular complexity index is 1140. The molecule has 0 radical (unpaired) electrons. The topological polar surface area (TPSA) is 66.8 Å². The minimum atomic E-state index is -0.947. The Morgan fingerprint density at radius 3 is 2.55 bits per heavy atom. The van der Waals surface area contributed by atoms with E-state index in [9.17, 15) is 14.7 Å². The van der Waals surface area contributed by atoms with Crippen LogP contribution in [-0.4, -0.2) is 28.5 Å². The summed E-state index contributed by atoms with van der Waals surface area (Å²) < 4.78 is 5.55. The molecule has 158 valence electrons. The van der Waals surface area contributed by atoms with Crippen LogP contribution < -0.4 is 4.74 Å². The van der Waals surface area contributed by atoms with Crippen LogP contribution in [0, 0.1) is 0 Å². The lowest BCUT2D eigenvalue weighted by molar-refractivity contribution is -0.144. The zero-order valence-electron chi connectivity index (χ0n) is 16.6. The molecule has 0 saturated carbocycles. The van der Waals surface area contributed by atoms with Crippen LogP contribution in [0.25, 0.3) is 5.57 Å². The number of carbonyl (C=O) groups is 2. The molecule has 0 unspecified atom stereocenters. The average molecular weight is 454 g/mol. The number of halogens is 1. The molecule has 0 saturated heterocycles. The lowest BCUT2D eigenvalue weighted by atomic mass is 10.0. The summed E-state index contributed by atoms with van der Waals surface area (Å²) in [5.41, 5.74) is 2.53. The van der Waals surface area contributed by atoms with E-state index in [1.165, 1.54) is 11.3 Å². The number of hydrogen-bond donors (Lipinski definition) is 1. The van der Waals surface area contributed by atoms with Gasteiger partial charge in [0.05, 0.1) is 5.57 Å². The molecule has 1 aromatic heterocycles. The Hall–Kier alpha value is -2.93. The summed E-state index contributed by atoms with van der Waals surface area (Å²) in [5.74, 6) is -1.45. The first-order chi connectivity index (χ1) is 14.9. The summed E-state index contributed by atoms with van der Waals surface area (Å²) >= 11 is 7.68. The third-order valence-electron chi connectivity index (χ3n) is 5.23. The molecular formula is C24H20ClNO4S. The van der Waals surface area contributed by atoms with Crippen LogP contribution in [0.3, 0.4) is 0 Å². The Balaban J connectivity index is 1.50. The van der Waals surface area contributed by atoms with E-state index in [2.05, 4.69) is 6.58 Å². The molecule has 0 fully saturated rings. The number of fused-ring (bicyclic) bond motifs is 1. The number of carboxylic acids is 1. The molecule has 0 bridgehead atoms. The SMILES string of the molecule is C=C(C(=O)Oc1cc2c(s1)CCN([C@H](C(=O)O)c1ccccc1Cl)C2)c1ccccc1. The molecule has 1 aliphatic heterocycles. The average Bonchev–Trinajstić information content (AvgIpc) is 3.16. The van der Waals surface area contributed by atoms with Crippen molar-refractivity contribution in [1.29, 1.82) is 0 Å². The minimum Gasteiger partial charge on any atom is -0.480 e. The van der Waals surface area contributed by atoms with Crippen molar-refractivity contribution in [2.24, 2.45) is 0 Å². The molecule has 2 heterocycles. The molecule has 7 heteroatoms. The molecule has 1 atom stereocenters. The second-order valence-corrected chi connectivity index (χ2v) is 8.74. The van der Waals surface area contributed by atoms with Gasteiger partial charge in [-0.3, -0.25) is 9.69 Å². The van der Waals surface area contributed by atoms with E-state index in [1.54, 1.807) is 24.3 Å². The van der Waals surface area contributed by atoms with Gasteiger partial charge < -0.3 is 9.84 Å². The Kier molecular flexibility index (Phi) is 6.23. The number of carboxylic acid groups (broad SMARTS) is 1. The summed E-state index contributed by atoms with van der Waals surface area (Å²) in [4.78, 5) is 27.5. The fourth-order valence-corrected chi connectivity index (χ4v) is 4.94. The highest BCUT2D eigenvalue weighted by molar-refractivity contribution is 7.14. The van der Waals surface area contributed by atoms with Crippen LogP contribution in [0.4, 0.5) is 0 Å². The number of benzene rings is 2. The number of thiophene rings is 1. The summed E-state index contributed by atoms with van der Waals surface area (Å²) in [6, 6.07) is 17.1. The first kappa shape index (κ1) is 21.3. The van der Waals surface area contributed by atoms with Crippen LogP contribution in [0.1, 0.15) is 27.6 Å². The number of hydrogen-bond acceptors (Lipinski definition) is 5. The number of aliphatic carboxylic acids is 1. The highest BCUT2D eigenvalue weighted by atomic mass is 35.5. The van der Waals surface area contributed by atoms with E-state index in [0.717, 1.165) is 10.4 Å². The van der Waals surface area contributed by atoms with Gasteiger partial charge in [0.15, 0.2) is 5.06 Å². The predicted molar refractivity (Wildman–Crippen MR) is 121 cm³/mol. The van der Waals surface area contributed by atoms with Crippen LogP contribution in [0.15, 0.2) is 67.2 Å². The summed E-state index contributed by atoms with van der Waals surface area (Å²) in [5, 5.41) is 10.8. The summed E-state index contributed by atoms with van der Waals surface area (Å²) in [7, 11) is 0. The molecule has 0 aliphatic carbocycles. The zero-order chi connectivity index (χ0) is 22.0. The van der Waals surface area contributed by atoms with Crippen molar-refractivity contribution in [3.8, 4) is 5.06 Å². The van der Waals surface area contributed by atoms with Gasteiger partial charge >= 0.3 is 11.9 Å². The Morgan fingerprint density at radius 1 is 1.13 bits per heavy atom. The van der Waals surface area contributed by atoms with E-state index in [0.29, 0.717) is 46.3 Å². The van der Waals surface area contributed by atoms with Gasteiger partial charge in [0, 0.05) is 23.0 Å². The Morgan fingerprint density at radius 2 is 1.84 bits per heavy atom. The highest BCUT2D eigenvalue weighted by Gasteiger charge is 2.32. The second kappa shape index (κ2) is 9.06. The van der Waals surface area contributed by atoms with Gasteiger partial charge in [-0.25, -0.2) is 4.79 Å². The molecule has 0 amide bonds. The maximum Gasteiger partial charge on any atom is 0.344 e. The second-order valence-electron chi connectivity index (χ2n) is 7.23. The van der Waals surface area contributed by atoms with Gasteiger partial charge in [0.1, 0.15) is 6.04 Å². The molecule has 5 nitrogen and oxygen atoms in total. The predicted octanol–water partition coefficient (Wildman–Crippen LogP) is 5.20. The normalized spacial score (nSPS) is 14.5. The molecule has 4 rings (SSSR count). The molecule has 0 spiro atoms. The quantitative estimate of drug-likeness (QED) is 0.410. The third kappa shape index (κ3) is 4.56. The standard InChI is InChI=1S/C24H20ClNO4S/c1-15(16-7-3-2-4-8-16)24(29)30-21-13-17-14-26(12-11-20(17)31-21)22(23(27)28)18-9-5-6-10-19(18)25/h2-10,13,22H,1,11-12,14H2,(H,27,28)/t22-/m0/s1. The number of carbonyl (C=O) groups excluding carboxylic acids is 1. The largest absolute Gasteiger partial charge is 0.480 e. The summed E-state index contributed by atoms with van der Waals surface area (Å²) in [6.45, 7) is 4.85. The Labute approximate surface area is 189 Å². The van der Waals surface area contributed by atoms with Crippen LogP contribution in [-0.2, 0) is 22.6 Å². The smallest absolute Gasteiger partial charge is 0.344 e. The van der Waals surface area contributed by atoms with Crippen molar-refractivity contribution in [2.45, 2.75) is 19.0 Å². The monoisotopic (exact) mass is 453 g/mol. The fraction of sp³-hybridized carbons (Fsp3) is 0.167. The molecular weight excluding hydrogens is 434 g/mol. The van der Waals surface area contributed by atoms with E-state index < -0.39 is 18.0 Å². The van der Waals surface area contributed by atoms with Crippen LogP contribution >= 0.6 is 22.9 Å². The van der Waals surface area contributed by atoms with E-state index in [1.807, 2.05) is 41.3 Å². The van der Waals surface area contributed by atoms with E-state index in [4.69, 9.17) is 16.3 Å². The highest BCUT2D eigenvalue weighted by Crippen LogP contribution is 2.37. The number of ether oxygens (including phenoxy) is 1. The lowest BCUT2D eigenvalue weighted by Crippen LogP contribution is -2.37. The first-order valence-corrected chi connectivity index (χ1v) is 10.9. The lowest BCUT2D eigenvalue weighted by Gasteiger charge is -2.32. The number of esters is 1. The maximum absolute atomic E-state index is 12.5.